The van der Waals surface area contributed by atoms with E-state index in [4.69, 9.17) is 5.11 Å². The normalized spacial score (nSPS) is 14.4. The monoisotopic (exact) mass is 275 g/mol. The summed E-state index contributed by atoms with van der Waals surface area (Å²) in [7, 11) is 0. The van der Waals surface area contributed by atoms with Crippen LogP contribution < -0.4 is 5.32 Å². The van der Waals surface area contributed by atoms with E-state index >= 15 is 0 Å². The predicted octanol–water partition coefficient (Wildman–Crippen LogP) is 2.09. The maximum Gasteiger partial charge on any atom is 0.254 e. The van der Waals surface area contributed by atoms with Gasteiger partial charge in [-0.15, -0.1) is 0 Å². The number of aliphatic hydroxyl groups is 1. The van der Waals surface area contributed by atoms with Gasteiger partial charge in [0, 0.05) is 11.1 Å². The molecule has 0 bridgehead atoms. The first kappa shape index (κ1) is 14.5. The average Bonchev–Trinajstić information content (AvgIpc) is 3.20. The third kappa shape index (κ3) is 3.37. The number of rotatable bonds is 3. The first-order valence-electron chi connectivity index (χ1n) is 6.66. The van der Waals surface area contributed by atoms with E-state index in [1.165, 1.54) is 12.1 Å². The van der Waals surface area contributed by atoms with E-state index < -0.39 is 11.7 Å². The van der Waals surface area contributed by atoms with Crippen LogP contribution in [0.15, 0.2) is 18.2 Å². The van der Waals surface area contributed by atoms with Crippen molar-refractivity contribution in [2.24, 2.45) is 5.92 Å². The zero-order valence-corrected chi connectivity index (χ0v) is 11.7. The van der Waals surface area contributed by atoms with Gasteiger partial charge in [-0.25, -0.2) is 4.39 Å². The van der Waals surface area contributed by atoms with Crippen molar-refractivity contribution in [3.05, 3.63) is 35.1 Å². The van der Waals surface area contributed by atoms with Crippen molar-refractivity contribution in [2.75, 3.05) is 6.61 Å². The van der Waals surface area contributed by atoms with Gasteiger partial charge in [0.1, 0.15) is 12.4 Å². The maximum atomic E-state index is 13.9. The molecule has 0 spiro atoms. The van der Waals surface area contributed by atoms with Crippen molar-refractivity contribution < 1.29 is 14.3 Å². The lowest BCUT2D eigenvalue weighted by atomic mass is 9.98. The first-order valence-corrected chi connectivity index (χ1v) is 6.66. The number of amides is 1. The van der Waals surface area contributed by atoms with Crippen LogP contribution in [0.5, 0.6) is 0 Å². The van der Waals surface area contributed by atoms with Gasteiger partial charge in [0.05, 0.1) is 5.56 Å². The fraction of sp³-hybridized carbons (Fsp3) is 0.438. The lowest BCUT2D eigenvalue weighted by Crippen LogP contribution is -2.45. The highest BCUT2D eigenvalue weighted by Crippen LogP contribution is 2.39. The molecule has 0 aliphatic heterocycles. The highest BCUT2D eigenvalue weighted by atomic mass is 19.1. The summed E-state index contributed by atoms with van der Waals surface area (Å²) in [6, 6.07) is 4.21. The second-order valence-electron chi connectivity index (χ2n) is 5.60. The Kier molecular flexibility index (Phi) is 4.10. The second-order valence-corrected chi connectivity index (χ2v) is 5.60. The standard InChI is InChI=1S/C16H18FNO2/c1-16(2,12-6-7-12)18-15(20)13-8-5-11(4-3-9-19)10-14(13)17/h5,8,10,12,19H,6-7,9H2,1-2H3,(H,18,20). The Hall–Kier alpha value is -1.86. The Bertz CT molecular complexity index is 580. The van der Waals surface area contributed by atoms with Gasteiger partial charge >= 0.3 is 0 Å². The molecule has 0 atom stereocenters. The molecule has 2 N–H and O–H groups in total. The third-order valence-corrected chi connectivity index (χ3v) is 3.56. The molecule has 1 aliphatic carbocycles. The van der Waals surface area contributed by atoms with Crippen LogP contribution in [0, 0.1) is 23.6 Å². The van der Waals surface area contributed by atoms with Gasteiger partial charge in [-0.2, -0.15) is 0 Å². The molecule has 1 fully saturated rings. The van der Waals surface area contributed by atoms with Gasteiger partial charge in [-0.05, 0) is 50.8 Å². The first-order chi connectivity index (χ1) is 9.44. The van der Waals surface area contributed by atoms with Crippen LogP contribution in [0.3, 0.4) is 0 Å². The molecule has 0 heterocycles. The fourth-order valence-electron chi connectivity index (χ4n) is 2.19. The lowest BCUT2D eigenvalue weighted by Gasteiger charge is -2.26. The van der Waals surface area contributed by atoms with E-state index in [2.05, 4.69) is 17.2 Å². The van der Waals surface area contributed by atoms with Crippen molar-refractivity contribution in [3.63, 3.8) is 0 Å². The number of carbonyl (C=O) groups excluding carboxylic acids is 1. The number of hydrogen-bond acceptors (Lipinski definition) is 2. The summed E-state index contributed by atoms with van der Waals surface area (Å²) in [6.07, 6.45) is 2.21. The van der Waals surface area contributed by atoms with Crippen molar-refractivity contribution in [1.29, 1.82) is 0 Å². The number of carbonyl (C=O) groups is 1. The summed E-state index contributed by atoms with van der Waals surface area (Å²) in [5.74, 6) is 4.52. The largest absolute Gasteiger partial charge is 0.384 e. The van der Waals surface area contributed by atoms with Crippen LogP contribution in [0.2, 0.25) is 0 Å². The van der Waals surface area contributed by atoms with E-state index in [9.17, 15) is 9.18 Å². The average molecular weight is 275 g/mol. The van der Waals surface area contributed by atoms with Crippen LogP contribution in [-0.2, 0) is 0 Å². The molecule has 4 heteroatoms. The number of nitrogens with one attached hydrogen (secondary N) is 1. The Morgan fingerprint density at radius 2 is 2.20 bits per heavy atom. The summed E-state index contributed by atoms with van der Waals surface area (Å²) >= 11 is 0. The minimum atomic E-state index is -0.598. The molecule has 0 aromatic heterocycles. The number of aliphatic hydroxyl groups excluding tert-OH is 1. The Morgan fingerprint density at radius 1 is 1.50 bits per heavy atom. The molecule has 1 aromatic carbocycles. The zero-order chi connectivity index (χ0) is 14.8. The smallest absolute Gasteiger partial charge is 0.254 e. The predicted molar refractivity (Wildman–Crippen MR) is 74.6 cm³/mol. The van der Waals surface area contributed by atoms with Gasteiger partial charge in [0.15, 0.2) is 0 Å². The molecule has 3 nitrogen and oxygen atoms in total. The molecule has 1 aliphatic rings. The van der Waals surface area contributed by atoms with Crippen molar-refractivity contribution in [3.8, 4) is 11.8 Å². The highest BCUT2D eigenvalue weighted by molar-refractivity contribution is 5.95. The van der Waals surface area contributed by atoms with Gasteiger partial charge in [-0.1, -0.05) is 11.8 Å². The number of halogens is 1. The Morgan fingerprint density at radius 3 is 2.75 bits per heavy atom. The van der Waals surface area contributed by atoms with Crippen LogP contribution >= 0.6 is 0 Å². The molecule has 106 valence electrons. The summed E-state index contributed by atoms with van der Waals surface area (Å²) < 4.78 is 13.9. The Balaban J connectivity index is 2.14. The number of benzene rings is 1. The van der Waals surface area contributed by atoms with Crippen LogP contribution in [0.4, 0.5) is 4.39 Å². The Labute approximate surface area is 118 Å². The fourth-order valence-corrected chi connectivity index (χ4v) is 2.19. The highest BCUT2D eigenvalue weighted by Gasteiger charge is 2.39. The topological polar surface area (TPSA) is 49.3 Å². The third-order valence-electron chi connectivity index (χ3n) is 3.56. The second kappa shape index (κ2) is 5.64. The maximum absolute atomic E-state index is 13.9. The van der Waals surface area contributed by atoms with E-state index in [0.29, 0.717) is 11.5 Å². The lowest BCUT2D eigenvalue weighted by molar-refractivity contribution is 0.0899. The summed E-state index contributed by atoms with van der Waals surface area (Å²) in [5.41, 5.74) is 0.154. The van der Waals surface area contributed by atoms with Crippen molar-refractivity contribution in [2.45, 2.75) is 32.2 Å². The van der Waals surface area contributed by atoms with Crippen molar-refractivity contribution in [1.82, 2.24) is 5.32 Å². The van der Waals surface area contributed by atoms with E-state index in [1.54, 1.807) is 6.07 Å². The zero-order valence-electron chi connectivity index (χ0n) is 11.7. The number of hydrogen-bond donors (Lipinski definition) is 2. The minimum Gasteiger partial charge on any atom is -0.384 e. The van der Waals surface area contributed by atoms with Crippen LogP contribution in [0.1, 0.15) is 42.6 Å². The molecule has 2 rings (SSSR count). The molecule has 20 heavy (non-hydrogen) atoms. The molecule has 0 saturated heterocycles. The summed E-state index contributed by atoms with van der Waals surface area (Å²) in [6.45, 7) is 3.64. The SMILES string of the molecule is CC(C)(NC(=O)c1ccc(C#CCO)cc1F)C1CC1. The van der Waals surface area contributed by atoms with E-state index in [1.807, 2.05) is 13.8 Å². The summed E-state index contributed by atoms with van der Waals surface area (Å²) in [5, 5.41) is 11.5. The molecule has 1 aromatic rings. The minimum absolute atomic E-state index is 0.0215. The van der Waals surface area contributed by atoms with Gasteiger partial charge in [-0.3, -0.25) is 4.79 Å². The molecular weight excluding hydrogens is 257 g/mol. The van der Waals surface area contributed by atoms with E-state index in [0.717, 1.165) is 12.8 Å². The quantitative estimate of drug-likeness (QED) is 0.830. The molecule has 0 unspecified atom stereocenters. The molecule has 0 radical (unpaired) electrons. The molecule has 1 saturated carbocycles. The van der Waals surface area contributed by atoms with Crippen molar-refractivity contribution >= 4 is 5.91 Å². The van der Waals surface area contributed by atoms with E-state index in [-0.39, 0.29) is 17.7 Å². The van der Waals surface area contributed by atoms with Crippen LogP contribution in [0.25, 0.3) is 0 Å². The van der Waals surface area contributed by atoms with Gasteiger partial charge < -0.3 is 10.4 Å². The summed E-state index contributed by atoms with van der Waals surface area (Å²) in [4.78, 5) is 12.1. The van der Waals surface area contributed by atoms with Crippen LogP contribution in [-0.4, -0.2) is 23.2 Å². The van der Waals surface area contributed by atoms with Gasteiger partial charge in [0.2, 0.25) is 0 Å². The molecule has 1 amide bonds. The van der Waals surface area contributed by atoms with Gasteiger partial charge in [0.25, 0.3) is 5.91 Å². The molecular formula is C16H18FNO2.